The zero-order valence-corrected chi connectivity index (χ0v) is 18.6. The first kappa shape index (κ1) is 21.9. The van der Waals surface area contributed by atoms with E-state index in [4.69, 9.17) is 32.7 Å². The van der Waals surface area contributed by atoms with Gasteiger partial charge in [-0.1, -0.05) is 41.4 Å². The number of anilines is 1. The summed E-state index contributed by atoms with van der Waals surface area (Å²) in [7, 11) is 0. The van der Waals surface area contributed by atoms with Gasteiger partial charge in [0.2, 0.25) is 5.57 Å². The van der Waals surface area contributed by atoms with Gasteiger partial charge in [-0.2, -0.15) is 0 Å². The third kappa shape index (κ3) is 4.95. The molecular weight excluding hydrogens is 461 g/mol. The van der Waals surface area contributed by atoms with Crippen molar-refractivity contribution in [1.29, 1.82) is 0 Å². The van der Waals surface area contributed by atoms with Crippen molar-refractivity contribution in [3.05, 3.63) is 64.0 Å². The van der Waals surface area contributed by atoms with Crippen LogP contribution >= 0.6 is 35.0 Å². The Bertz CT molecular complexity index is 1050. The van der Waals surface area contributed by atoms with E-state index in [-0.39, 0.29) is 0 Å². The first-order valence-corrected chi connectivity index (χ1v) is 11.3. The van der Waals surface area contributed by atoms with Crippen LogP contribution in [0.3, 0.4) is 0 Å². The summed E-state index contributed by atoms with van der Waals surface area (Å²) in [5.41, 5.74) is -0.144. The number of benzene rings is 2. The molecule has 0 radical (unpaired) electrons. The van der Waals surface area contributed by atoms with E-state index in [0.29, 0.717) is 33.5 Å². The van der Waals surface area contributed by atoms with Crippen molar-refractivity contribution in [3.8, 4) is 0 Å². The van der Waals surface area contributed by atoms with E-state index in [1.807, 2.05) is 12.1 Å². The molecule has 6 nitrogen and oxygen atoms in total. The van der Waals surface area contributed by atoms with Crippen LogP contribution in [-0.4, -0.2) is 22.8 Å². The van der Waals surface area contributed by atoms with Gasteiger partial charge in [0.1, 0.15) is 0 Å². The number of esters is 1. The van der Waals surface area contributed by atoms with Crippen molar-refractivity contribution in [2.24, 2.45) is 0 Å². The SMILES string of the molecule is O=C(Nc1ccc(Cl)cc1Sc1ccc(Cl)cc1)C1=C(O)OC2(CCCCC2)OC1=O. The summed E-state index contributed by atoms with van der Waals surface area (Å²) in [4.78, 5) is 26.9. The van der Waals surface area contributed by atoms with Crippen LogP contribution in [0.25, 0.3) is 0 Å². The average molecular weight is 480 g/mol. The van der Waals surface area contributed by atoms with Crippen molar-refractivity contribution in [3.63, 3.8) is 0 Å². The monoisotopic (exact) mass is 479 g/mol. The third-order valence-corrected chi connectivity index (χ3v) is 6.61. The molecule has 1 aliphatic carbocycles. The van der Waals surface area contributed by atoms with Gasteiger partial charge in [0.05, 0.1) is 5.69 Å². The minimum Gasteiger partial charge on any atom is -0.480 e. The summed E-state index contributed by atoms with van der Waals surface area (Å²) in [6.45, 7) is 0. The fourth-order valence-electron chi connectivity index (χ4n) is 3.54. The van der Waals surface area contributed by atoms with E-state index in [0.717, 1.165) is 24.2 Å². The van der Waals surface area contributed by atoms with Crippen molar-refractivity contribution >= 4 is 52.5 Å². The highest BCUT2D eigenvalue weighted by Crippen LogP contribution is 2.39. The number of amides is 1. The highest BCUT2D eigenvalue weighted by molar-refractivity contribution is 7.99. The zero-order valence-electron chi connectivity index (χ0n) is 16.3. The molecule has 2 aromatic carbocycles. The third-order valence-electron chi connectivity index (χ3n) is 5.06. The first-order valence-electron chi connectivity index (χ1n) is 9.75. The topological polar surface area (TPSA) is 84.9 Å². The number of hydrogen-bond donors (Lipinski definition) is 2. The Labute approximate surface area is 193 Å². The molecule has 1 saturated carbocycles. The lowest BCUT2D eigenvalue weighted by Crippen LogP contribution is -2.45. The molecule has 1 spiro atoms. The molecule has 1 aliphatic heterocycles. The second-order valence-electron chi connectivity index (χ2n) is 7.29. The minimum absolute atomic E-state index is 0.417. The summed E-state index contributed by atoms with van der Waals surface area (Å²) < 4.78 is 10.9. The van der Waals surface area contributed by atoms with Gasteiger partial charge in [-0.25, -0.2) is 4.79 Å². The molecule has 162 valence electrons. The van der Waals surface area contributed by atoms with Gasteiger partial charge in [-0.3, -0.25) is 4.79 Å². The Kier molecular flexibility index (Phi) is 6.36. The highest BCUT2D eigenvalue weighted by atomic mass is 35.5. The summed E-state index contributed by atoms with van der Waals surface area (Å²) in [5.74, 6) is -3.62. The molecule has 0 aromatic heterocycles. The molecule has 2 N–H and O–H groups in total. The molecule has 0 saturated heterocycles. The second-order valence-corrected chi connectivity index (χ2v) is 9.28. The molecule has 1 amide bonds. The number of halogens is 2. The Hall–Kier alpha value is -2.35. The van der Waals surface area contributed by atoms with Crippen LogP contribution in [0.15, 0.2) is 63.8 Å². The van der Waals surface area contributed by atoms with Gasteiger partial charge in [-0.15, -0.1) is 0 Å². The molecule has 0 unspecified atom stereocenters. The second kappa shape index (κ2) is 9.02. The van der Waals surface area contributed by atoms with Crippen LogP contribution < -0.4 is 5.32 Å². The van der Waals surface area contributed by atoms with E-state index in [2.05, 4.69) is 5.32 Å². The van der Waals surface area contributed by atoms with E-state index in [1.54, 1.807) is 30.3 Å². The summed E-state index contributed by atoms with van der Waals surface area (Å²) in [5, 5.41) is 14.1. The zero-order chi connectivity index (χ0) is 22.0. The predicted molar refractivity (Wildman–Crippen MR) is 118 cm³/mol. The van der Waals surface area contributed by atoms with E-state index < -0.39 is 29.2 Å². The van der Waals surface area contributed by atoms with Crippen LogP contribution in [0.1, 0.15) is 32.1 Å². The Balaban J connectivity index is 1.56. The maximum atomic E-state index is 12.8. The molecular formula is C22H19Cl2NO5S. The van der Waals surface area contributed by atoms with E-state index in [1.165, 1.54) is 11.8 Å². The van der Waals surface area contributed by atoms with Gasteiger partial charge >= 0.3 is 11.9 Å². The summed E-state index contributed by atoms with van der Waals surface area (Å²) >= 11 is 13.4. The number of hydrogen-bond acceptors (Lipinski definition) is 6. The van der Waals surface area contributed by atoms with Crippen LogP contribution in [0.4, 0.5) is 5.69 Å². The van der Waals surface area contributed by atoms with Crippen LogP contribution in [-0.2, 0) is 19.1 Å². The van der Waals surface area contributed by atoms with Crippen LogP contribution in [0.2, 0.25) is 10.0 Å². The smallest absolute Gasteiger partial charge is 0.354 e. The molecule has 1 heterocycles. The maximum Gasteiger partial charge on any atom is 0.354 e. The quantitative estimate of drug-likeness (QED) is 0.407. The molecule has 4 rings (SSSR count). The largest absolute Gasteiger partial charge is 0.480 e. The Morgan fingerprint density at radius 1 is 1.00 bits per heavy atom. The highest BCUT2D eigenvalue weighted by Gasteiger charge is 2.46. The van der Waals surface area contributed by atoms with Gasteiger partial charge in [0.25, 0.3) is 11.7 Å². The Morgan fingerprint density at radius 3 is 2.35 bits per heavy atom. The van der Waals surface area contributed by atoms with E-state index >= 15 is 0 Å². The molecule has 31 heavy (non-hydrogen) atoms. The minimum atomic E-state index is -1.18. The average Bonchev–Trinajstić information content (AvgIpc) is 2.71. The Morgan fingerprint density at radius 2 is 1.68 bits per heavy atom. The van der Waals surface area contributed by atoms with Gasteiger partial charge in [0, 0.05) is 32.7 Å². The van der Waals surface area contributed by atoms with Crippen LogP contribution in [0.5, 0.6) is 0 Å². The number of aliphatic hydroxyl groups excluding tert-OH is 1. The predicted octanol–water partition coefficient (Wildman–Crippen LogP) is 6.09. The maximum absolute atomic E-state index is 12.8. The molecule has 1 fully saturated rings. The number of carbonyl (C=O) groups excluding carboxylic acids is 2. The van der Waals surface area contributed by atoms with Gasteiger partial charge in [0.15, 0.2) is 0 Å². The molecule has 0 bridgehead atoms. The fraction of sp³-hybridized carbons (Fsp3) is 0.273. The van der Waals surface area contributed by atoms with Crippen molar-refractivity contribution in [2.45, 2.75) is 47.7 Å². The van der Waals surface area contributed by atoms with E-state index in [9.17, 15) is 14.7 Å². The normalized spacial score (nSPS) is 17.8. The lowest BCUT2D eigenvalue weighted by Gasteiger charge is -2.38. The summed E-state index contributed by atoms with van der Waals surface area (Å²) in [6, 6.07) is 12.1. The molecule has 2 aromatic rings. The number of ether oxygens (including phenoxy) is 2. The summed E-state index contributed by atoms with van der Waals surface area (Å²) in [6.07, 6.45) is 3.61. The van der Waals surface area contributed by atoms with Crippen molar-refractivity contribution in [1.82, 2.24) is 0 Å². The molecule has 0 atom stereocenters. The number of rotatable bonds is 4. The number of aliphatic hydroxyl groups is 1. The van der Waals surface area contributed by atoms with Crippen LogP contribution in [0, 0.1) is 0 Å². The molecule has 2 aliphatic rings. The number of nitrogens with one attached hydrogen (secondary N) is 1. The van der Waals surface area contributed by atoms with Gasteiger partial charge < -0.3 is 19.9 Å². The van der Waals surface area contributed by atoms with Gasteiger partial charge in [-0.05, 0) is 55.3 Å². The fourth-order valence-corrected chi connectivity index (χ4v) is 4.84. The standard InChI is InChI=1S/C22H19Cl2NO5S/c23-13-4-7-15(8-5-13)31-17-12-14(24)6-9-16(17)25-19(26)18-20(27)29-22(30-21(18)28)10-2-1-3-11-22/h4-9,12,27H,1-3,10-11H2,(H,25,26). The lowest BCUT2D eigenvalue weighted by atomic mass is 9.93. The first-order chi connectivity index (χ1) is 14.8. The molecule has 9 heteroatoms. The lowest BCUT2D eigenvalue weighted by molar-refractivity contribution is -0.249. The number of carbonyl (C=O) groups is 2. The van der Waals surface area contributed by atoms with Crippen molar-refractivity contribution in [2.75, 3.05) is 5.32 Å². The van der Waals surface area contributed by atoms with Crippen molar-refractivity contribution < 1.29 is 24.2 Å².